The standard InChI is InChI=1S/C14H20FN3O3/c1-2-17-5-6-21-12(10-17)9-16-8-11-3-4-14(18(19)20)13(15)7-11/h3-4,7,12,16H,2,5-6,8-10H2,1H3. The fourth-order valence-electron chi connectivity index (χ4n) is 2.38. The van der Waals surface area contributed by atoms with Crippen molar-refractivity contribution >= 4 is 5.69 Å². The Morgan fingerprint density at radius 1 is 1.57 bits per heavy atom. The van der Waals surface area contributed by atoms with Gasteiger partial charge < -0.3 is 10.1 Å². The van der Waals surface area contributed by atoms with Gasteiger partial charge in [-0.2, -0.15) is 4.39 Å². The predicted molar refractivity (Wildman–Crippen MR) is 76.6 cm³/mol. The second-order valence-electron chi connectivity index (χ2n) is 5.06. The van der Waals surface area contributed by atoms with E-state index in [9.17, 15) is 14.5 Å². The summed E-state index contributed by atoms with van der Waals surface area (Å²) >= 11 is 0. The van der Waals surface area contributed by atoms with E-state index in [4.69, 9.17) is 4.74 Å². The molecule has 0 amide bonds. The van der Waals surface area contributed by atoms with Gasteiger partial charge in [-0.15, -0.1) is 0 Å². The molecule has 0 radical (unpaired) electrons. The molecule has 1 aliphatic heterocycles. The molecule has 1 aromatic carbocycles. The Morgan fingerprint density at radius 2 is 2.38 bits per heavy atom. The number of nitrogens with zero attached hydrogens (tertiary/aromatic N) is 2. The van der Waals surface area contributed by atoms with E-state index < -0.39 is 16.4 Å². The molecule has 1 fully saturated rings. The van der Waals surface area contributed by atoms with Gasteiger partial charge in [0.2, 0.25) is 5.82 Å². The van der Waals surface area contributed by atoms with Gasteiger partial charge in [-0.1, -0.05) is 13.0 Å². The van der Waals surface area contributed by atoms with Crippen molar-refractivity contribution in [1.82, 2.24) is 10.2 Å². The first-order valence-electron chi connectivity index (χ1n) is 7.07. The molecule has 1 atom stereocenters. The van der Waals surface area contributed by atoms with Crippen LogP contribution in [0.15, 0.2) is 18.2 Å². The Morgan fingerprint density at radius 3 is 3.05 bits per heavy atom. The Kier molecular flexibility index (Phi) is 5.60. The lowest BCUT2D eigenvalue weighted by Crippen LogP contribution is -2.46. The third kappa shape index (κ3) is 4.45. The lowest BCUT2D eigenvalue weighted by atomic mass is 10.2. The van der Waals surface area contributed by atoms with Gasteiger partial charge in [-0.05, 0) is 18.2 Å². The van der Waals surface area contributed by atoms with Crippen molar-refractivity contribution in [1.29, 1.82) is 0 Å². The van der Waals surface area contributed by atoms with Crippen molar-refractivity contribution < 1.29 is 14.1 Å². The van der Waals surface area contributed by atoms with Crippen molar-refractivity contribution in [3.63, 3.8) is 0 Å². The molecule has 7 heteroatoms. The van der Waals surface area contributed by atoms with E-state index in [1.165, 1.54) is 12.1 Å². The number of hydrogen-bond donors (Lipinski definition) is 1. The first-order chi connectivity index (χ1) is 10.1. The highest BCUT2D eigenvalue weighted by atomic mass is 19.1. The quantitative estimate of drug-likeness (QED) is 0.637. The summed E-state index contributed by atoms with van der Waals surface area (Å²) in [7, 11) is 0. The zero-order valence-corrected chi connectivity index (χ0v) is 12.0. The van der Waals surface area contributed by atoms with Crippen molar-refractivity contribution in [2.45, 2.75) is 19.6 Å². The SMILES string of the molecule is CCN1CCOC(CNCc2ccc([N+](=O)[O-])c(F)c2)C1. The summed E-state index contributed by atoms with van der Waals surface area (Å²) in [6.45, 7) is 6.84. The van der Waals surface area contributed by atoms with Crippen LogP contribution in [-0.2, 0) is 11.3 Å². The van der Waals surface area contributed by atoms with Crippen LogP contribution in [0.3, 0.4) is 0 Å². The monoisotopic (exact) mass is 297 g/mol. The van der Waals surface area contributed by atoms with E-state index in [-0.39, 0.29) is 6.10 Å². The zero-order chi connectivity index (χ0) is 15.2. The Hall–Kier alpha value is -1.57. The fourth-order valence-corrected chi connectivity index (χ4v) is 2.38. The first kappa shape index (κ1) is 15.8. The normalized spacial score (nSPS) is 19.6. The van der Waals surface area contributed by atoms with Gasteiger partial charge >= 0.3 is 5.69 Å². The van der Waals surface area contributed by atoms with Crippen LogP contribution in [0.5, 0.6) is 0 Å². The van der Waals surface area contributed by atoms with Gasteiger partial charge in [-0.3, -0.25) is 15.0 Å². The number of ether oxygens (including phenoxy) is 1. The van der Waals surface area contributed by atoms with Crippen LogP contribution in [0.1, 0.15) is 12.5 Å². The molecule has 1 saturated heterocycles. The highest BCUT2D eigenvalue weighted by Gasteiger charge is 2.19. The van der Waals surface area contributed by atoms with Gasteiger partial charge in [-0.25, -0.2) is 0 Å². The zero-order valence-electron chi connectivity index (χ0n) is 12.0. The maximum atomic E-state index is 13.5. The molecule has 0 aliphatic carbocycles. The fraction of sp³-hybridized carbons (Fsp3) is 0.571. The number of morpholine rings is 1. The van der Waals surface area contributed by atoms with Crippen LogP contribution >= 0.6 is 0 Å². The maximum Gasteiger partial charge on any atom is 0.304 e. The number of hydrogen-bond acceptors (Lipinski definition) is 5. The van der Waals surface area contributed by atoms with Crippen LogP contribution < -0.4 is 5.32 Å². The third-order valence-electron chi connectivity index (χ3n) is 3.58. The van der Waals surface area contributed by atoms with Gasteiger partial charge in [0, 0.05) is 32.2 Å². The molecule has 1 heterocycles. The molecule has 0 saturated carbocycles. The number of nitro benzene ring substituents is 1. The average Bonchev–Trinajstić information content (AvgIpc) is 2.47. The number of nitrogens with one attached hydrogen (secondary N) is 1. The molecule has 1 aromatic rings. The number of benzene rings is 1. The smallest absolute Gasteiger partial charge is 0.304 e. The van der Waals surface area contributed by atoms with E-state index in [1.54, 1.807) is 6.07 Å². The molecule has 1 unspecified atom stereocenters. The summed E-state index contributed by atoms with van der Waals surface area (Å²) in [6.07, 6.45) is 0.126. The molecule has 116 valence electrons. The summed E-state index contributed by atoms with van der Waals surface area (Å²) in [5.74, 6) is -0.801. The molecule has 1 N–H and O–H groups in total. The van der Waals surface area contributed by atoms with E-state index >= 15 is 0 Å². The summed E-state index contributed by atoms with van der Waals surface area (Å²) in [4.78, 5) is 12.1. The summed E-state index contributed by atoms with van der Waals surface area (Å²) in [5, 5.41) is 13.7. The number of halogens is 1. The van der Waals surface area contributed by atoms with Crippen LogP contribution in [0.25, 0.3) is 0 Å². The van der Waals surface area contributed by atoms with Crippen LogP contribution in [0, 0.1) is 15.9 Å². The lowest BCUT2D eigenvalue weighted by molar-refractivity contribution is -0.387. The highest BCUT2D eigenvalue weighted by molar-refractivity contribution is 5.34. The predicted octanol–water partition coefficient (Wildman–Crippen LogP) is 1.54. The largest absolute Gasteiger partial charge is 0.374 e. The average molecular weight is 297 g/mol. The molecule has 0 spiro atoms. The Labute approximate surface area is 123 Å². The van der Waals surface area contributed by atoms with Crippen molar-refractivity contribution in [3.8, 4) is 0 Å². The molecular formula is C14H20FN3O3. The highest BCUT2D eigenvalue weighted by Crippen LogP contribution is 2.17. The van der Waals surface area contributed by atoms with Gasteiger partial charge in [0.25, 0.3) is 0 Å². The minimum absolute atomic E-state index is 0.126. The number of likely N-dealkylation sites (N-methyl/N-ethyl adjacent to an activating group) is 1. The summed E-state index contributed by atoms with van der Waals surface area (Å²) in [5.41, 5.74) is 0.189. The maximum absolute atomic E-state index is 13.5. The number of rotatable bonds is 6. The summed E-state index contributed by atoms with van der Waals surface area (Å²) in [6, 6.07) is 3.96. The van der Waals surface area contributed by atoms with Crippen molar-refractivity contribution in [3.05, 3.63) is 39.7 Å². The molecule has 6 nitrogen and oxygen atoms in total. The number of nitro groups is 1. The molecular weight excluding hydrogens is 277 g/mol. The van der Waals surface area contributed by atoms with Gasteiger partial charge in [0.15, 0.2) is 0 Å². The molecule has 0 bridgehead atoms. The third-order valence-corrected chi connectivity index (χ3v) is 3.58. The topological polar surface area (TPSA) is 67.6 Å². The second kappa shape index (κ2) is 7.44. The minimum Gasteiger partial charge on any atom is -0.374 e. The molecule has 2 rings (SSSR count). The Balaban J connectivity index is 1.81. The van der Waals surface area contributed by atoms with Crippen LogP contribution in [0.4, 0.5) is 10.1 Å². The second-order valence-corrected chi connectivity index (χ2v) is 5.06. The van der Waals surface area contributed by atoms with E-state index in [0.717, 1.165) is 26.2 Å². The van der Waals surface area contributed by atoms with Gasteiger partial charge in [0.05, 0.1) is 17.6 Å². The van der Waals surface area contributed by atoms with Crippen LogP contribution in [-0.4, -0.2) is 48.7 Å². The van der Waals surface area contributed by atoms with Crippen molar-refractivity contribution in [2.75, 3.05) is 32.8 Å². The van der Waals surface area contributed by atoms with E-state index in [0.29, 0.717) is 18.7 Å². The Bertz CT molecular complexity index is 498. The van der Waals surface area contributed by atoms with Crippen molar-refractivity contribution in [2.24, 2.45) is 0 Å². The molecule has 21 heavy (non-hydrogen) atoms. The first-order valence-corrected chi connectivity index (χ1v) is 7.07. The van der Waals surface area contributed by atoms with Gasteiger partial charge in [0.1, 0.15) is 0 Å². The van der Waals surface area contributed by atoms with E-state index in [2.05, 4.69) is 17.1 Å². The molecule has 1 aliphatic rings. The summed E-state index contributed by atoms with van der Waals surface area (Å²) < 4.78 is 19.1. The minimum atomic E-state index is -0.801. The van der Waals surface area contributed by atoms with E-state index in [1.807, 2.05) is 0 Å². The lowest BCUT2D eigenvalue weighted by Gasteiger charge is -2.32. The molecule has 0 aromatic heterocycles. The van der Waals surface area contributed by atoms with Crippen LogP contribution in [0.2, 0.25) is 0 Å².